The van der Waals surface area contributed by atoms with Crippen LogP contribution >= 0.6 is 23.2 Å². The van der Waals surface area contributed by atoms with Crippen molar-refractivity contribution >= 4 is 35.0 Å². The van der Waals surface area contributed by atoms with Crippen LogP contribution in [0.2, 0.25) is 10.0 Å². The van der Waals surface area contributed by atoms with Crippen LogP contribution in [-0.4, -0.2) is 29.3 Å². The van der Waals surface area contributed by atoms with Gasteiger partial charge in [-0.05, 0) is 47.9 Å². The number of amides is 2. The minimum absolute atomic E-state index is 0.0822. The number of aryl methyl sites for hydroxylation is 1. The molecular formula is C28H38Cl2N2O2. The Morgan fingerprint density at radius 2 is 1.62 bits per heavy atom. The molecule has 0 saturated carbocycles. The third-order valence-corrected chi connectivity index (χ3v) is 6.76. The number of carbonyl (C=O) groups excluding carboxylic acids is 2. The molecule has 0 heterocycles. The van der Waals surface area contributed by atoms with Gasteiger partial charge >= 0.3 is 0 Å². The standard InChI is InChI=1S/C28H38Cl2N2O2/c1-6-8-18-31-27(34)25(7-2)32(19-22-23(29)10-9-11-24(22)30)26(33)17-14-20-12-15-21(16-13-20)28(3,4)5/h9-13,15-16,25H,6-8,14,17-19H2,1-5H3,(H,31,34). The molecule has 0 bridgehead atoms. The minimum Gasteiger partial charge on any atom is -0.354 e. The molecule has 0 saturated heterocycles. The molecule has 2 amide bonds. The molecule has 34 heavy (non-hydrogen) atoms. The van der Waals surface area contributed by atoms with Crippen LogP contribution in [0.3, 0.4) is 0 Å². The second-order valence-electron chi connectivity index (χ2n) is 9.74. The van der Waals surface area contributed by atoms with Gasteiger partial charge in [0.25, 0.3) is 0 Å². The summed E-state index contributed by atoms with van der Waals surface area (Å²) < 4.78 is 0. The summed E-state index contributed by atoms with van der Waals surface area (Å²) in [4.78, 5) is 28.1. The van der Waals surface area contributed by atoms with Crippen LogP contribution in [0.15, 0.2) is 42.5 Å². The monoisotopic (exact) mass is 504 g/mol. The maximum absolute atomic E-state index is 13.5. The van der Waals surface area contributed by atoms with E-state index in [0.717, 1.165) is 18.4 Å². The Morgan fingerprint density at radius 1 is 1.00 bits per heavy atom. The SMILES string of the molecule is CCCCNC(=O)C(CC)N(Cc1c(Cl)cccc1Cl)C(=O)CCc1ccc(C(C)(C)C)cc1. The van der Waals surface area contributed by atoms with Crippen molar-refractivity contribution in [2.24, 2.45) is 0 Å². The number of halogens is 2. The first kappa shape index (κ1) is 28.2. The highest BCUT2D eigenvalue weighted by Gasteiger charge is 2.29. The van der Waals surface area contributed by atoms with Gasteiger partial charge in [0.2, 0.25) is 11.8 Å². The van der Waals surface area contributed by atoms with E-state index in [2.05, 4.69) is 57.3 Å². The Bertz CT molecular complexity index is 932. The Hall–Kier alpha value is -2.04. The molecule has 0 spiro atoms. The van der Waals surface area contributed by atoms with Crippen molar-refractivity contribution in [3.63, 3.8) is 0 Å². The molecule has 186 valence electrons. The molecule has 1 N–H and O–H groups in total. The van der Waals surface area contributed by atoms with Crippen LogP contribution in [0, 0.1) is 0 Å². The lowest BCUT2D eigenvalue weighted by Crippen LogP contribution is -2.49. The molecular weight excluding hydrogens is 467 g/mol. The lowest BCUT2D eigenvalue weighted by atomic mass is 9.86. The predicted molar refractivity (Wildman–Crippen MR) is 142 cm³/mol. The van der Waals surface area contributed by atoms with Crippen molar-refractivity contribution in [1.29, 1.82) is 0 Å². The second kappa shape index (κ2) is 13.2. The summed E-state index contributed by atoms with van der Waals surface area (Å²) in [6, 6.07) is 13.1. The van der Waals surface area contributed by atoms with E-state index in [-0.39, 0.29) is 23.8 Å². The molecule has 1 atom stereocenters. The molecule has 0 aliphatic heterocycles. The summed E-state index contributed by atoms with van der Waals surface area (Å²) in [6.45, 7) is 11.3. The molecule has 0 aliphatic rings. The molecule has 0 radical (unpaired) electrons. The molecule has 6 heteroatoms. The number of hydrogen-bond acceptors (Lipinski definition) is 2. The molecule has 0 aliphatic carbocycles. The second-order valence-corrected chi connectivity index (χ2v) is 10.6. The highest BCUT2D eigenvalue weighted by molar-refractivity contribution is 6.36. The van der Waals surface area contributed by atoms with Crippen molar-refractivity contribution in [1.82, 2.24) is 10.2 Å². The lowest BCUT2D eigenvalue weighted by Gasteiger charge is -2.31. The molecule has 2 rings (SSSR count). The van der Waals surface area contributed by atoms with E-state index in [0.29, 0.717) is 41.4 Å². The quantitative estimate of drug-likeness (QED) is 0.336. The summed E-state index contributed by atoms with van der Waals surface area (Å²) in [5.41, 5.74) is 3.09. The third kappa shape index (κ3) is 8.02. The summed E-state index contributed by atoms with van der Waals surface area (Å²) in [6.07, 6.45) is 3.30. The largest absolute Gasteiger partial charge is 0.354 e. The first-order chi connectivity index (χ1) is 16.1. The zero-order valence-corrected chi connectivity index (χ0v) is 22.6. The van der Waals surface area contributed by atoms with Gasteiger partial charge < -0.3 is 10.2 Å². The van der Waals surface area contributed by atoms with E-state index in [1.807, 2.05) is 6.92 Å². The van der Waals surface area contributed by atoms with E-state index in [4.69, 9.17) is 23.2 Å². The number of benzene rings is 2. The first-order valence-electron chi connectivity index (χ1n) is 12.2. The van der Waals surface area contributed by atoms with Crippen LogP contribution in [0.4, 0.5) is 0 Å². The molecule has 1 unspecified atom stereocenters. The lowest BCUT2D eigenvalue weighted by molar-refractivity contribution is -0.141. The Kier molecular flexibility index (Phi) is 10.9. The number of carbonyl (C=O) groups is 2. The smallest absolute Gasteiger partial charge is 0.242 e. The van der Waals surface area contributed by atoms with E-state index >= 15 is 0 Å². The van der Waals surface area contributed by atoms with E-state index < -0.39 is 6.04 Å². The van der Waals surface area contributed by atoms with Gasteiger partial charge in [0.1, 0.15) is 6.04 Å². The predicted octanol–water partition coefficient (Wildman–Crippen LogP) is 6.95. The van der Waals surface area contributed by atoms with Gasteiger partial charge in [-0.25, -0.2) is 0 Å². The maximum Gasteiger partial charge on any atom is 0.242 e. The zero-order chi connectivity index (χ0) is 25.3. The van der Waals surface area contributed by atoms with Crippen molar-refractivity contribution in [2.45, 2.75) is 84.7 Å². The average Bonchev–Trinajstić information content (AvgIpc) is 2.79. The van der Waals surface area contributed by atoms with Crippen LogP contribution < -0.4 is 5.32 Å². The van der Waals surface area contributed by atoms with Crippen molar-refractivity contribution in [2.75, 3.05) is 6.54 Å². The number of rotatable bonds is 11. The van der Waals surface area contributed by atoms with Gasteiger partial charge in [0.15, 0.2) is 0 Å². The summed E-state index contributed by atoms with van der Waals surface area (Å²) >= 11 is 12.8. The summed E-state index contributed by atoms with van der Waals surface area (Å²) in [5, 5.41) is 3.96. The van der Waals surface area contributed by atoms with Crippen LogP contribution in [0.1, 0.15) is 77.0 Å². The van der Waals surface area contributed by atoms with E-state index in [9.17, 15) is 9.59 Å². The molecule has 2 aromatic rings. The third-order valence-electron chi connectivity index (χ3n) is 6.05. The van der Waals surface area contributed by atoms with Gasteiger partial charge in [-0.15, -0.1) is 0 Å². The summed E-state index contributed by atoms with van der Waals surface area (Å²) in [7, 11) is 0. The zero-order valence-electron chi connectivity index (χ0n) is 21.1. The van der Waals surface area contributed by atoms with E-state index in [1.165, 1.54) is 5.56 Å². The Labute approximate surface area is 215 Å². The Balaban J connectivity index is 2.23. The highest BCUT2D eigenvalue weighted by atomic mass is 35.5. The van der Waals surface area contributed by atoms with Crippen molar-refractivity contribution < 1.29 is 9.59 Å². The van der Waals surface area contributed by atoms with Gasteiger partial charge in [-0.2, -0.15) is 0 Å². The number of unbranched alkanes of at least 4 members (excludes halogenated alkanes) is 1. The average molecular weight is 506 g/mol. The van der Waals surface area contributed by atoms with Gasteiger partial charge in [0.05, 0.1) is 0 Å². The summed E-state index contributed by atoms with van der Waals surface area (Å²) in [5.74, 6) is -0.226. The van der Waals surface area contributed by atoms with Gasteiger partial charge in [0, 0.05) is 35.1 Å². The fraction of sp³-hybridized carbons (Fsp3) is 0.500. The molecule has 0 aromatic heterocycles. The fourth-order valence-electron chi connectivity index (χ4n) is 3.85. The van der Waals surface area contributed by atoms with Crippen LogP contribution in [0.5, 0.6) is 0 Å². The fourth-order valence-corrected chi connectivity index (χ4v) is 4.36. The molecule has 4 nitrogen and oxygen atoms in total. The maximum atomic E-state index is 13.5. The highest BCUT2D eigenvalue weighted by Crippen LogP contribution is 2.28. The van der Waals surface area contributed by atoms with Gasteiger partial charge in [-0.1, -0.05) is 94.6 Å². The van der Waals surface area contributed by atoms with Crippen molar-refractivity contribution in [3.05, 3.63) is 69.2 Å². The topological polar surface area (TPSA) is 49.4 Å². The number of nitrogens with zero attached hydrogens (tertiary/aromatic N) is 1. The van der Waals surface area contributed by atoms with Gasteiger partial charge in [-0.3, -0.25) is 9.59 Å². The molecule has 2 aromatic carbocycles. The van der Waals surface area contributed by atoms with E-state index in [1.54, 1.807) is 23.1 Å². The number of nitrogens with one attached hydrogen (secondary N) is 1. The normalized spacial score (nSPS) is 12.3. The van der Waals surface area contributed by atoms with Crippen LogP contribution in [-0.2, 0) is 28.0 Å². The first-order valence-corrected chi connectivity index (χ1v) is 12.9. The van der Waals surface area contributed by atoms with Crippen molar-refractivity contribution in [3.8, 4) is 0 Å². The Morgan fingerprint density at radius 3 is 2.15 bits per heavy atom. The molecule has 0 fully saturated rings. The van der Waals surface area contributed by atoms with Crippen LogP contribution in [0.25, 0.3) is 0 Å². The number of hydrogen-bond donors (Lipinski definition) is 1. The minimum atomic E-state index is -0.583.